The Bertz CT molecular complexity index is 1440. The number of fused-ring (bicyclic) bond motifs is 1. The molecule has 9 nitrogen and oxygen atoms in total. The Morgan fingerprint density at radius 1 is 1.32 bits per heavy atom. The maximum Gasteiger partial charge on any atom is 0.256 e. The van der Waals surface area contributed by atoms with Gasteiger partial charge >= 0.3 is 0 Å². The summed E-state index contributed by atoms with van der Waals surface area (Å²) >= 11 is 0. The number of aliphatic hydroxyl groups is 1. The first-order valence-electron chi connectivity index (χ1n) is 12.7. The van der Waals surface area contributed by atoms with Crippen molar-refractivity contribution in [1.82, 2.24) is 15.2 Å². The lowest BCUT2D eigenvalue weighted by molar-refractivity contribution is 0.0725. The van der Waals surface area contributed by atoms with E-state index in [0.717, 1.165) is 6.21 Å². The van der Waals surface area contributed by atoms with Gasteiger partial charge in [0.05, 0.1) is 29.0 Å². The molecule has 10 heteroatoms. The molecule has 1 aromatic carbocycles. The summed E-state index contributed by atoms with van der Waals surface area (Å²) in [6.45, 7) is 5.68. The van der Waals surface area contributed by atoms with E-state index < -0.39 is 18.3 Å². The van der Waals surface area contributed by atoms with Gasteiger partial charge in [0.25, 0.3) is 11.8 Å². The molecule has 1 aliphatic carbocycles. The fourth-order valence-electron chi connectivity index (χ4n) is 5.19. The fourth-order valence-corrected chi connectivity index (χ4v) is 5.19. The number of halogens is 1. The van der Waals surface area contributed by atoms with Crippen LogP contribution in [0.5, 0.6) is 5.75 Å². The fraction of sp³-hybridized carbons (Fsp3) is 0.393. The van der Waals surface area contributed by atoms with Crippen LogP contribution in [0, 0.1) is 19.3 Å². The average Bonchev–Trinajstić information content (AvgIpc) is 3.53. The highest BCUT2D eigenvalue weighted by molar-refractivity contribution is 6.07. The van der Waals surface area contributed by atoms with Gasteiger partial charge in [0.2, 0.25) is 0 Å². The van der Waals surface area contributed by atoms with E-state index in [1.54, 1.807) is 43.1 Å². The molecule has 4 atom stereocenters. The van der Waals surface area contributed by atoms with E-state index in [4.69, 9.17) is 14.6 Å². The molecular formula is C28H31FN4O5. The minimum atomic E-state index is -1.02. The first-order valence-corrected chi connectivity index (χ1v) is 12.7. The van der Waals surface area contributed by atoms with E-state index in [1.165, 1.54) is 6.08 Å². The number of alkyl halides is 1. The van der Waals surface area contributed by atoms with Gasteiger partial charge in [-0.25, -0.2) is 4.39 Å². The van der Waals surface area contributed by atoms with Gasteiger partial charge in [-0.1, -0.05) is 0 Å². The van der Waals surface area contributed by atoms with Crippen LogP contribution >= 0.6 is 0 Å². The van der Waals surface area contributed by atoms with E-state index in [1.807, 2.05) is 6.92 Å². The molecule has 0 unspecified atom stereocenters. The maximum atomic E-state index is 13.7. The zero-order valence-corrected chi connectivity index (χ0v) is 21.5. The summed E-state index contributed by atoms with van der Waals surface area (Å²) in [5, 5.41) is 20.9. The van der Waals surface area contributed by atoms with Crippen LogP contribution in [0.25, 0.3) is 16.7 Å². The molecule has 38 heavy (non-hydrogen) atoms. The molecule has 1 saturated carbocycles. The van der Waals surface area contributed by atoms with Crippen LogP contribution < -0.4 is 10.1 Å². The number of nitrogens with one attached hydrogen (secondary N) is 3. The summed E-state index contributed by atoms with van der Waals surface area (Å²) < 4.78 is 25.6. The number of likely N-dealkylation sites (tertiary alicyclic amines) is 1. The number of H-pyrrole nitrogens is 1. The number of furan rings is 1. The van der Waals surface area contributed by atoms with Crippen LogP contribution in [0.4, 0.5) is 4.39 Å². The van der Waals surface area contributed by atoms with Gasteiger partial charge in [0, 0.05) is 42.5 Å². The normalized spacial score (nSPS) is 23.4. The van der Waals surface area contributed by atoms with Gasteiger partial charge in [-0.3, -0.25) is 9.59 Å². The number of amides is 2. The topological polar surface area (TPSA) is 132 Å². The van der Waals surface area contributed by atoms with E-state index in [-0.39, 0.29) is 24.4 Å². The van der Waals surface area contributed by atoms with Gasteiger partial charge in [-0.15, -0.1) is 0 Å². The van der Waals surface area contributed by atoms with Crippen molar-refractivity contribution in [2.24, 2.45) is 0 Å². The number of aryl methyl sites for hydroxylation is 1. The Balaban J connectivity index is 1.38. The maximum absolute atomic E-state index is 13.7. The molecule has 0 radical (unpaired) electrons. The van der Waals surface area contributed by atoms with E-state index >= 15 is 0 Å². The second-order valence-electron chi connectivity index (χ2n) is 10.1. The largest absolute Gasteiger partial charge is 0.460 e. The third-order valence-electron chi connectivity index (χ3n) is 7.46. The number of allylic oxidation sites excluding steroid dienone is 1. The van der Waals surface area contributed by atoms with Crippen molar-refractivity contribution in [1.29, 1.82) is 5.41 Å². The lowest BCUT2D eigenvalue weighted by atomic mass is 9.90. The average molecular weight is 523 g/mol. The molecule has 2 aliphatic rings. The number of carbonyl (C=O) groups excluding carboxylic acids is 2. The molecule has 1 aliphatic heterocycles. The first kappa shape index (κ1) is 25.7. The van der Waals surface area contributed by atoms with E-state index in [9.17, 15) is 19.1 Å². The van der Waals surface area contributed by atoms with Crippen molar-refractivity contribution in [3.8, 4) is 5.75 Å². The molecule has 200 valence electrons. The van der Waals surface area contributed by atoms with Gasteiger partial charge in [-0.2, -0.15) is 0 Å². The zero-order valence-electron chi connectivity index (χ0n) is 21.5. The monoisotopic (exact) mass is 522 g/mol. The number of rotatable bonds is 7. The predicted octanol–water partition coefficient (Wildman–Crippen LogP) is 4.27. The number of aromatic nitrogens is 1. The molecule has 0 bridgehead atoms. The van der Waals surface area contributed by atoms with Crippen molar-refractivity contribution in [3.05, 3.63) is 58.6 Å². The van der Waals surface area contributed by atoms with Crippen molar-refractivity contribution in [2.75, 3.05) is 6.54 Å². The standard InChI is InChI=1S/C28H31FN4O5/c1-14-10-17(34)13-33(14)28(36)20-12-31-26(15(20)2)23(8-9-30)38-18-4-5-19-24(11-18)37-16(3)25(19)27(35)32-22-7-6-21(22)29/h4-5,8-9,11-12,14,17,21-22,30-31,34H,6-7,10,13H2,1-3H3,(H,32,35)/b23-8+,30-9?/t14-,17-,21+,22-/m1/s1. The number of hydrogen-bond donors (Lipinski definition) is 4. The molecule has 3 aromatic rings. The van der Waals surface area contributed by atoms with E-state index in [0.29, 0.717) is 69.9 Å². The quantitative estimate of drug-likeness (QED) is 0.272. The molecular weight excluding hydrogens is 491 g/mol. The number of nitrogens with zero attached hydrogens (tertiary/aromatic N) is 1. The van der Waals surface area contributed by atoms with Crippen LogP contribution in [-0.4, -0.2) is 63.9 Å². The molecule has 0 spiro atoms. The van der Waals surface area contributed by atoms with Gasteiger partial charge in [0.15, 0.2) is 5.76 Å². The Morgan fingerprint density at radius 2 is 2.11 bits per heavy atom. The third-order valence-corrected chi connectivity index (χ3v) is 7.46. The summed E-state index contributed by atoms with van der Waals surface area (Å²) in [7, 11) is 0. The number of benzene rings is 1. The smallest absolute Gasteiger partial charge is 0.256 e. The SMILES string of the molecule is Cc1oc2cc(O/C(=C/C=N)c3[nH]cc(C(=O)N4C[C@H](O)C[C@H]4C)c3C)ccc2c1C(=O)N[C@@H]1CC[C@@H]1F. The highest BCUT2D eigenvalue weighted by Gasteiger charge is 2.34. The Kier molecular flexibility index (Phi) is 6.83. The van der Waals surface area contributed by atoms with Gasteiger partial charge in [-0.05, 0) is 57.7 Å². The van der Waals surface area contributed by atoms with Crippen molar-refractivity contribution in [2.45, 2.75) is 64.4 Å². The zero-order chi connectivity index (χ0) is 27.1. The van der Waals surface area contributed by atoms with Crippen molar-refractivity contribution < 1.29 is 28.2 Å². The minimum Gasteiger partial charge on any atom is -0.460 e. The predicted molar refractivity (Wildman–Crippen MR) is 140 cm³/mol. The van der Waals surface area contributed by atoms with Crippen LogP contribution in [0.3, 0.4) is 0 Å². The molecule has 1 saturated heterocycles. The number of carbonyl (C=O) groups is 2. The lowest BCUT2D eigenvalue weighted by Gasteiger charge is -2.30. The molecule has 5 rings (SSSR count). The van der Waals surface area contributed by atoms with E-state index in [2.05, 4.69) is 10.3 Å². The molecule has 4 N–H and O–H groups in total. The van der Waals surface area contributed by atoms with Gasteiger partial charge in [0.1, 0.15) is 23.3 Å². The summed E-state index contributed by atoms with van der Waals surface area (Å²) in [5.41, 5.74) is 2.47. The van der Waals surface area contributed by atoms with Crippen molar-refractivity contribution >= 4 is 34.8 Å². The Morgan fingerprint density at radius 3 is 2.74 bits per heavy atom. The second-order valence-corrected chi connectivity index (χ2v) is 10.1. The number of β-amino-alcohol motifs (C(OH)–C–C–N with tert-alkyl or cyclic N) is 1. The first-order chi connectivity index (χ1) is 18.2. The van der Waals surface area contributed by atoms with Crippen LogP contribution in [0.15, 0.2) is 34.9 Å². The van der Waals surface area contributed by atoms with Crippen LogP contribution in [0.1, 0.15) is 63.9 Å². The highest BCUT2D eigenvalue weighted by Crippen LogP contribution is 2.33. The summed E-state index contributed by atoms with van der Waals surface area (Å²) in [5.74, 6) is 0.607. The number of aromatic amines is 1. The molecule has 2 amide bonds. The Hall–Kier alpha value is -3.92. The lowest BCUT2D eigenvalue weighted by Crippen LogP contribution is -2.48. The number of hydrogen-bond acceptors (Lipinski definition) is 6. The number of aliphatic hydroxyl groups excluding tert-OH is 1. The van der Waals surface area contributed by atoms with Gasteiger partial charge < -0.3 is 34.9 Å². The van der Waals surface area contributed by atoms with Crippen LogP contribution in [0.2, 0.25) is 0 Å². The highest BCUT2D eigenvalue weighted by atomic mass is 19.1. The summed E-state index contributed by atoms with van der Waals surface area (Å²) in [6.07, 6.45) is 4.23. The summed E-state index contributed by atoms with van der Waals surface area (Å²) in [4.78, 5) is 30.7. The van der Waals surface area contributed by atoms with Crippen LogP contribution in [-0.2, 0) is 0 Å². The van der Waals surface area contributed by atoms with Crippen molar-refractivity contribution in [3.63, 3.8) is 0 Å². The number of ether oxygens (including phenoxy) is 1. The summed E-state index contributed by atoms with van der Waals surface area (Å²) in [6, 6.07) is 4.51. The molecule has 2 aromatic heterocycles. The molecule has 3 heterocycles. The Labute approximate surface area is 219 Å². The second kappa shape index (κ2) is 10.1. The third kappa shape index (κ3) is 4.60. The molecule has 2 fully saturated rings. The minimum absolute atomic E-state index is 0.0642.